The summed E-state index contributed by atoms with van der Waals surface area (Å²) >= 11 is 0. The van der Waals surface area contributed by atoms with Gasteiger partial charge in [-0.05, 0) is 50.3 Å². The molecule has 0 aliphatic carbocycles. The molecule has 13 nitrogen and oxygen atoms in total. The number of anilines is 1. The molecular weight excluding hydrogens is 552 g/mol. The van der Waals surface area contributed by atoms with E-state index in [1.165, 1.54) is 0 Å². The molecule has 5 aliphatic heterocycles. The van der Waals surface area contributed by atoms with Crippen molar-refractivity contribution in [2.45, 2.75) is 62.7 Å². The Bertz CT molecular complexity index is 1480. The number of nitrogens with zero attached hydrogens (tertiary/aromatic N) is 6. The number of fused-ring (bicyclic) bond motifs is 1. The number of piperidine rings is 3. The Hall–Kier alpha value is -4.10. The number of hydrogen-bond acceptors (Lipinski definition) is 9. The molecule has 0 spiro atoms. The zero-order chi connectivity index (χ0) is 29.8. The monoisotopic (exact) mass is 588 g/mol. The normalized spacial score (nSPS) is 24.8. The molecule has 13 heteroatoms. The summed E-state index contributed by atoms with van der Waals surface area (Å²) in [6.45, 7) is 5.90. The Labute approximate surface area is 248 Å². The summed E-state index contributed by atoms with van der Waals surface area (Å²) in [5.41, 5.74) is 7.36. The predicted octanol–water partition coefficient (Wildman–Crippen LogP) is 0.373. The fourth-order valence-electron chi connectivity index (χ4n) is 7.35. The van der Waals surface area contributed by atoms with E-state index in [1.807, 2.05) is 10.7 Å². The van der Waals surface area contributed by atoms with E-state index in [0.717, 1.165) is 75.5 Å². The fourth-order valence-corrected chi connectivity index (χ4v) is 7.35. The number of primary amides is 1. The number of aromatic nitrogens is 2. The third kappa shape index (κ3) is 4.99. The van der Waals surface area contributed by atoms with Gasteiger partial charge in [-0.25, -0.2) is 0 Å². The number of benzene rings is 1. The molecule has 1 aromatic heterocycles. The number of rotatable bonds is 6. The summed E-state index contributed by atoms with van der Waals surface area (Å²) in [7, 11) is 0. The third-order valence-corrected chi connectivity index (χ3v) is 9.94. The van der Waals surface area contributed by atoms with Crippen LogP contribution in [0.5, 0.6) is 0 Å². The molecule has 4 saturated heterocycles. The van der Waals surface area contributed by atoms with Crippen molar-refractivity contribution in [3.63, 3.8) is 0 Å². The molecule has 1 atom stereocenters. The van der Waals surface area contributed by atoms with Crippen LogP contribution >= 0.6 is 0 Å². The lowest BCUT2D eigenvalue weighted by atomic mass is 9.95. The number of nitrogens with two attached hydrogens (primary N) is 1. The van der Waals surface area contributed by atoms with Crippen molar-refractivity contribution in [1.82, 2.24) is 29.8 Å². The van der Waals surface area contributed by atoms with Crippen LogP contribution in [-0.4, -0.2) is 111 Å². The van der Waals surface area contributed by atoms with E-state index in [9.17, 15) is 24.0 Å². The molecule has 6 heterocycles. The molecule has 2 aromatic rings. The second-order valence-electron chi connectivity index (χ2n) is 12.3. The molecule has 1 aromatic carbocycles. The highest BCUT2D eigenvalue weighted by molar-refractivity contribution is 6.23. The number of nitrogens with one attached hydrogen (secondary N) is 1. The van der Waals surface area contributed by atoms with Gasteiger partial charge in [0.25, 0.3) is 17.7 Å². The number of amides is 5. The minimum absolute atomic E-state index is 0.104. The van der Waals surface area contributed by atoms with Gasteiger partial charge in [-0.3, -0.25) is 43.8 Å². The Morgan fingerprint density at radius 1 is 0.837 bits per heavy atom. The molecule has 0 saturated carbocycles. The van der Waals surface area contributed by atoms with Crippen LogP contribution in [0.1, 0.15) is 75.6 Å². The average Bonchev–Trinajstić information content (AvgIpc) is 3.57. The lowest BCUT2D eigenvalue weighted by Crippen LogP contribution is -2.62. The van der Waals surface area contributed by atoms with Gasteiger partial charge in [-0.15, -0.1) is 0 Å². The summed E-state index contributed by atoms with van der Waals surface area (Å²) in [6.07, 6.45) is 7.87. The highest BCUT2D eigenvalue weighted by Crippen LogP contribution is 2.34. The maximum atomic E-state index is 13.2. The summed E-state index contributed by atoms with van der Waals surface area (Å²) in [5, 5.41) is 6.59. The van der Waals surface area contributed by atoms with E-state index in [2.05, 4.69) is 25.1 Å². The minimum atomic E-state index is -0.955. The summed E-state index contributed by atoms with van der Waals surface area (Å²) in [4.78, 5) is 69.9. The highest BCUT2D eigenvalue weighted by Gasteiger charge is 2.45. The van der Waals surface area contributed by atoms with Crippen LogP contribution in [0.2, 0.25) is 0 Å². The average molecular weight is 589 g/mol. The van der Waals surface area contributed by atoms with Gasteiger partial charge >= 0.3 is 0 Å². The van der Waals surface area contributed by atoms with E-state index in [4.69, 9.17) is 5.73 Å². The van der Waals surface area contributed by atoms with Crippen molar-refractivity contribution in [3.8, 4) is 0 Å². The Kier molecular flexibility index (Phi) is 7.01. The van der Waals surface area contributed by atoms with Crippen molar-refractivity contribution in [1.29, 1.82) is 0 Å². The van der Waals surface area contributed by atoms with Gasteiger partial charge in [0, 0.05) is 69.7 Å². The van der Waals surface area contributed by atoms with Gasteiger partial charge in [0.05, 0.1) is 28.9 Å². The van der Waals surface area contributed by atoms with Crippen molar-refractivity contribution >= 4 is 35.2 Å². The maximum Gasteiger partial charge on any atom is 0.262 e. The number of imide groups is 2. The Morgan fingerprint density at radius 2 is 1.49 bits per heavy atom. The molecule has 0 bridgehead atoms. The zero-order valence-corrected chi connectivity index (χ0v) is 24.0. The van der Waals surface area contributed by atoms with Crippen LogP contribution in [0, 0.1) is 0 Å². The first-order chi connectivity index (χ1) is 20.8. The molecule has 0 radical (unpaired) electrons. The van der Waals surface area contributed by atoms with E-state index in [-0.39, 0.29) is 18.7 Å². The van der Waals surface area contributed by atoms with E-state index < -0.39 is 29.7 Å². The summed E-state index contributed by atoms with van der Waals surface area (Å²) < 4.78 is 1.89. The molecule has 43 heavy (non-hydrogen) atoms. The predicted molar refractivity (Wildman–Crippen MR) is 154 cm³/mol. The minimum Gasteiger partial charge on any atom is -0.368 e. The van der Waals surface area contributed by atoms with Gasteiger partial charge in [0.15, 0.2) is 0 Å². The van der Waals surface area contributed by atoms with Crippen molar-refractivity contribution in [2.24, 2.45) is 5.73 Å². The molecule has 4 fully saturated rings. The topological polar surface area (TPSA) is 154 Å². The second-order valence-corrected chi connectivity index (χ2v) is 12.3. The zero-order valence-electron chi connectivity index (χ0n) is 24.0. The molecular formula is C30H36N8O5. The number of carbonyl (C=O) groups excluding carboxylic acids is 5. The van der Waals surface area contributed by atoms with Crippen LogP contribution in [-0.2, 0) is 9.59 Å². The number of likely N-dealkylation sites (tertiary alicyclic amines) is 2. The second kappa shape index (κ2) is 10.9. The van der Waals surface area contributed by atoms with Gasteiger partial charge in [0.1, 0.15) is 6.04 Å². The van der Waals surface area contributed by atoms with Crippen LogP contribution in [0.3, 0.4) is 0 Å². The summed E-state index contributed by atoms with van der Waals surface area (Å²) in [6, 6.07) is 5.72. The van der Waals surface area contributed by atoms with E-state index >= 15 is 0 Å². The molecule has 5 aliphatic rings. The quantitative estimate of drug-likeness (QED) is 0.456. The first-order valence-corrected chi connectivity index (χ1v) is 15.2. The lowest BCUT2D eigenvalue weighted by molar-refractivity contribution is -0.136. The molecule has 7 rings (SSSR count). The molecule has 226 valence electrons. The van der Waals surface area contributed by atoms with Crippen LogP contribution in [0.4, 0.5) is 5.69 Å². The maximum absolute atomic E-state index is 13.2. The van der Waals surface area contributed by atoms with E-state index in [1.54, 1.807) is 24.5 Å². The summed E-state index contributed by atoms with van der Waals surface area (Å²) in [5.74, 6) is -2.38. The largest absolute Gasteiger partial charge is 0.368 e. The Balaban J connectivity index is 0.894. The lowest BCUT2D eigenvalue weighted by Gasteiger charge is -2.50. The number of hydrogen-bond donors (Lipinski definition) is 2. The van der Waals surface area contributed by atoms with Crippen LogP contribution in [0.25, 0.3) is 0 Å². The standard InChI is InChI=1S/C30H36N8O5/c31-27(40)18-14-32-37(15-18)20-7-11-34(12-8-20)19-5-9-35(10-6-19)22-16-36(17-22)21-1-2-23-24(13-21)30(43)38(29(23)42)25-3-4-26(39)33-28(25)41/h1-2,13-15,19-20,22,25H,3-12,16-17H2,(H2,31,40)(H,33,39,41). The fraction of sp³-hybridized carbons (Fsp3) is 0.533. The number of carbonyl (C=O) groups is 5. The first-order valence-electron chi connectivity index (χ1n) is 15.2. The van der Waals surface area contributed by atoms with Gasteiger partial charge in [-0.2, -0.15) is 5.10 Å². The molecule has 3 N–H and O–H groups in total. The first kappa shape index (κ1) is 27.7. The van der Waals surface area contributed by atoms with Crippen LogP contribution in [0.15, 0.2) is 30.6 Å². The molecule has 5 amide bonds. The SMILES string of the molecule is NC(=O)c1cnn(C2CCN(C3CCN(C4CN(c5ccc6c(c5)C(=O)N(C5CCC(=O)NC5=O)C6=O)C4)CC3)CC2)c1. The smallest absolute Gasteiger partial charge is 0.262 e. The van der Waals surface area contributed by atoms with Gasteiger partial charge in [0.2, 0.25) is 11.8 Å². The van der Waals surface area contributed by atoms with Crippen LogP contribution < -0.4 is 16.0 Å². The highest BCUT2D eigenvalue weighted by atomic mass is 16.2. The van der Waals surface area contributed by atoms with E-state index in [0.29, 0.717) is 34.8 Å². The molecule has 1 unspecified atom stereocenters. The van der Waals surface area contributed by atoms with Crippen molar-refractivity contribution in [3.05, 3.63) is 47.3 Å². The third-order valence-electron chi connectivity index (χ3n) is 9.94. The van der Waals surface area contributed by atoms with Crippen molar-refractivity contribution < 1.29 is 24.0 Å². The van der Waals surface area contributed by atoms with Gasteiger partial charge < -0.3 is 15.5 Å². The van der Waals surface area contributed by atoms with Gasteiger partial charge in [-0.1, -0.05) is 0 Å². The van der Waals surface area contributed by atoms with Crippen molar-refractivity contribution in [2.75, 3.05) is 44.2 Å². The Morgan fingerprint density at radius 3 is 2.14 bits per heavy atom.